The summed E-state index contributed by atoms with van der Waals surface area (Å²) in [4.78, 5) is 20.9. The van der Waals surface area contributed by atoms with Crippen LogP contribution in [0, 0.1) is 5.82 Å². The molecule has 0 radical (unpaired) electrons. The van der Waals surface area contributed by atoms with Crippen LogP contribution in [-0.2, 0) is 0 Å². The summed E-state index contributed by atoms with van der Waals surface area (Å²) in [6.07, 6.45) is 0. The fourth-order valence-corrected chi connectivity index (χ4v) is 5.32. The summed E-state index contributed by atoms with van der Waals surface area (Å²) in [6.45, 7) is 4.24. The molecule has 1 heterocycles. The van der Waals surface area contributed by atoms with Crippen molar-refractivity contribution in [3.8, 4) is 0 Å². The maximum atomic E-state index is 13.6. The molecule has 4 nitrogen and oxygen atoms in total. The van der Waals surface area contributed by atoms with E-state index in [1.54, 1.807) is 23.9 Å². The SMILES string of the molecule is CCN(CCNC(=O)c1ccc2c(c1)[NH+]=C(c1ccc(F)cc1)c1ccccc1S2)c1ccccc1. The number of carbonyl (C=O) groups is 1. The number of likely N-dealkylation sites (N-methyl/N-ethyl adjacent to an activating group) is 1. The number of anilines is 1. The molecule has 2 N–H and O–H groups in total. The molecule has 0 unspecified atom stereocenters. The van der Waals surface area contributed by atoms with Crippen LogP contribution in [0.25, 0.3) is 0 Å². The average molecular weight is 497 g/mol. The lowest BCUT2D eigenvalue weighted by Crippen LogP contribution is -2.67. The molecule has 6 heteroatoms. The van der Waals surface area contributed by atoms with Crippen LogP contribution in [0.4, 0.5) is 15.8 Å². The number of hydrogen-bond acceptors (Lipinski definition) is 3. The van der Waals surface area contributed by atoms with E-state index in [-0.39, 0.29) is 11.7 Å². The number of fused-ring (bicyclic) bond motifs is 2. The molecule has 0 saturated carbocycles. The lowest BCUT2D eigenvalue weighted by Gasteiger charge is -2.23. The van der Waals surface area contributed by atoms with Crippen LogP contribution >= 0.6 is 11.8 Å². The quantitative estimate of drug-likeness (QED) is 0.340. The van der Waals surface area contributed by atoms with Gasteiger partial charge in [-0.05, 0) is 67.6 Å². The monoisotopic (exact) mass is 496 g/mol. The van der Waals surface area contributed by atoms with Crippen LogP contribution < -0.4 is 15.2 Å². The first-order valence-electron chi connectivity index (χ1n) is 12.0. The van der Waals surface area contributed by atoms with E-state index in [0.717, 1.165) is 51.1 Å². The predicted octanol–water partition coefficient (Wildman–Crippen LogP) is 4.80. The van der Waals surface area contributed by atoms with Crippen molar-refractivity contribution >= 4 is 34.8 Å². The highest BCUT2D eigenvalue weighted by molar-refractivity contribution is 7.99. The van der Waals surface area contributed by atoms with Gasteiger partial charge in [-0.3, -0.25) is 4.79 Å². The van der Waals surface area contributed by atoms with Gasteiger partial charge in [0.25, 0.3) is 5.91 Å². The highest BCUT2D eigenvalue weighted by Gasteiger charge is 2.25. The molecule has 0 aromatic heterocycles. The van der Waals surface area contributed by atoms with Gasteiger partial charge in [0.2, 0.25) is 11.4 Å². The van der Waals surface area contributed by atoms with Crippen LogP contribution in [0.3, 0.4) is 0 Å². The summed E-state index contributed by atoms with van der Waals surface area (Å²) in [7, 11) is 0. The second kappa shape index (κ2) is 10.8. The Morgan fingerprint density at radius 3 is 2.44 bits per heavy atom. The molecule has 0 spiro atoms. The molecule has 5 rings (SSSR count). The number of nitrogens with zero attached hydrogens (tertiary/aromatic N) is 1. The van der Waals surface area contributed by atoms with Crippen LogP contribution in [0.15, 0.2) is 107 Å². The zero-order valence-corrected chi connectivity index (χ0v) is 20.8. The number of nitrogens with one attached hydrogen (secondary N) is 2. The van der Waals surface area contributed by atoms with Gasteiger partial charge in [-0.2, -0.15) is 0 Å². The topological polar surface area (TPSA) is 46.3 Å². The number of hydrogen-bond donors (Lipinski definition) is 2. The molecule has 1 aliphatic heterocycles. The maximum absolute atomic E-state index is 13.6. The van der Waals surface area contributed by atoms with E-state index in [1.807, 2.05) is 48.5 Å². The van der Waals surface area contributed by atoms with Gasteiger partial charge in [0.05, 0.1) is 10.5 Å². The van der Waals surface area contributed by atoms with Crippen molar-refractivity contribution in [2.75, 3.05) is 24.5 Å². The fourth-order valence-electron chi connectivity index (χ4n) is 4.30. The highest BCUT2D eigenvalue weighted by Crippen LogP contribution is 2.36. The number of halogens is 1. The molecule has 0 atom stereocenters. The van der Waals surface area contributed by atoms with Crippen molar-refractivity contribution in [2.45, 2.75) is 16.7 Å². The van der Waals surface area contributed by atoms with E-state index in [4.69, 9.17) is 0 Å². The van der Waals surface area contributed by atoms with Gasteiger partial charge in [-0.15, -0.1) is 0 Å². The summed E-state index contributed by atoms with van der Waals surface area (Å²) >= 11 is 1.65. The normalized spacial score (nSPS) is 12.1. The zero-order chi connectivity index (χ0) is 24.9. The van der Waals surface area contributed by atoms with Crippen molar-refractivity contribution in [1.29, 1.82) is 0 Å². The molecule has 1 amide bonds. The first kappa shape index (κ1) is 23.8. The Kier molecular flexibility index (Phi) is 7.14. The minimum Gasteiger partial charge on any atom is -0.370 e. The van der Waals surface area contributed by atoms with Gasteiger partial charge in [0.15, 0.2) is 0 Å². The molecule has 4 aromatic carbocycles. The van der Waals surface area contributed by atoms with E-state index >= 15 is 0 Å². The van der Waals surface area contributed by atoms with Crippen molar-refractivity contribution < 1.29 is 14.2 Å². The molecule has 0 saturated heterocycles. The number of carbonyl (C=O) groups excluding carboxylic acids is 1. The highest BCUT2D eigenvalue weighted by atomic mass is 32.2. The summed E-state index contributed by atoms with van der Waals surface area (Å²) in [5, 5.41) is 3.06. The fraction of sp³-hybridized carbons (Fsp3) is 0.133. The van der Waals surface area contributed by atoms with Crippen molar-refractivity contribution in [2.24, 2.45) is 0 Å². The number of rotatable bonds is 7. The van der Waals surface area contributed by atoms with Crippen LogP contribution in [0.1, 0.15) is 28.4 Å². The molecule has 180 valence electrons. The van der Waals surface area contributed by atoms with Crippen LogP contribution in [-0.4, -0.2) is 31.3 Å². The Morgan fingerprint density at radius 1 is 0.917 bits per heavy atom. The molecular formula is C30H27FN3OS+. The number of para-hydroxylation sites is 1. The Hall–Kier alpha value is -3.90. The third kappa shape index (κ3) is 5.19. The van der Waals surface area contributed by atoms with Gasteiger partial charge in [0, 0.05) is 47.4 Å². The second-order valence-electron chi connectivity index (χ2n) is 8.49. The summed E-state index contributed by atoms with van der Waals surface area (Å²) in [6, 6.07) is 30.5. The third-order valence-corrected chi connectivity index (χ3v) is 7.33. The minimum absolute atomic E-state index is 0.112. The second-order valence-corrected chi connectivity index (χ2v) is 9.57. The van der Waals surface area contributed by atoms with Crippen LogP contribution in [0.5, 0.6) is 0 Å². The van der Waals surface area contributed by atoms with E-state index in [0.29, 0.717) is 12.1 Å². The van der Waals surface area contributed by atoms with Crippen molar-refractivity contribution in [3.05, 3.63) is 120 Å². The summed E-state index contributed by atoms with van der Waals surface area (Å²) in [5.41, 5.74) is 5.39. The first-order chi connectivity index (χ1) is 17.6. The molecule has 1 aliphatic rings. The number of benzene rings is 4. The van der Waals surface area contributed by atoms with E-state index < -0.39 is 0 Å². The van der Waals surface area contributed by atoms with Gasteiger partial charge in [-0.1, -0.05) is 42.1 Å². The molecule has 4 aromatic rings. The predicted molar refractivity (Wildman–Crippen MR) is 144 cm³/mol. The molecule has 0 bridgehead atoms. The van der Waals surface area contributed by atoms with Crippen LogP contribution in [0.2, 0.25) is 0 Å². The zero-order valence-electron chi connectivity index (χ0n) is 20.0. The lowest BCUT2D eigenvalue weighted by atomic mass is 10.0. The van der Waals surface area contributed by atoms with Gasteiger partial charge in [0.1, 0.15) is 5.82 Å². The molecule has 36 heavy (non-hydrogen) atoms. The van der Waals surface area contributed by atoms with Gasteiger partial charge in [-0.25, -0.2) is 9.38 Å². The molecular weight excluding hydrogens is 469 g/mol. The third-order valence-electron chi connectivity index (χ3n) is 6.18. The summed E-state index contributed by atoms with van der Waals surface area (Å²) in [5.74, 6) is -0.386. The average Bonchev–Trinajstić information content (AvgIpc) is 3.08. The summed E-state index contributed by atoms with van der Waals surface area (Å²) < 4.78 is 13.6. The maximum Gasteiger partial charge on any atom is 0.251 e. The lowest BCUT2D eigenvalue weighted by molar-refractivity contribution is -0.355. The largest absolute Gasteiger partial charge is 0.370 e. The molecule has 0 aliphatic carbocycles. The Bertz CT molecular complexity index is 1400. The van der Waals surface area contributed by atoms with Crippen molar-refractivity contribution in [3.63, 3.8) is 0 Å². The van der Waals surface area contributed by atoms with Crippen molar-refractivity contribution in [1.82, 2.24) is 5.32 Å². The Balaban J connectivity index is 1.38. The van der Waals surface area contributed by atoms with Gasteiger partial charge >= 0.3 is 0 Å². The van der Waals surface area contributed by atoms with E-state index in [9.17, 15) is 9.18 Å². The van der Waals surface area contributed by atoms with Gasteiger partial charge < -0.3 is 10.2 Å². The van der Waals surface area contributed by atoms with E-state index in [2.05, 4.69) is 46.4 Å². The Labute approximate surface area is 214 Å². The molecule has 0 fully saturated rings. The minimum atomic E-state index is -0.274. The smallest absolute Gasteiger partial charge is 0.251 e. The Morgan fingerprint density at radius 2 is 1.67 bits per heavy atom. The van der Waals surface area contributed by atoms with E-state index in [1.165, 1.54) is 12.1 Å². The number of amides is 1. The standard InChI is InChI=1S/C30H26FN3OS/c1-2-34(24-8-4-3-5-9-24)19-18-32-30(35)22-14-17-28-26(20-22)33-29(21-12-15-23(31)16-13-21)25-10-6-7-11-27(25)36-28/h3-17,20H,2,18-19H2,1H3,(H,32,35)/p+1. The first-order valence-corrected chi connectivity index (χ1v) is 12.8.